The Morgan fingerprint density at radius 3 is 2.60 bits per heavy atom. The molecule has 0 radical (unpaired) electrons. The van der Waals surface area contributed by atoms with Crippen LogP contribution in [0.4, 0.5) is 10.1 Å². The van der Waals surface area contributed by atoms with E-state index in [1.165, 1.54) is 0 Å². The quantitative estimate of drug-likeness (QED) is 0.395. The largest absolute Gasteiger partial charge is 0.747 e. The predicted octanol–water partition coefficient (Wildman–Crippen LogP) is 1.43. The Morgan fingerprint density at radius 2 is 1.93 bits per heavy atom. The summed E-state index contributed by atoms with van der Waals surface area (Å²) in [6, 6.07) is 5.90. The van der Waals surface area contributed by atoms with Gasteiger partial charge >= 0.3 is 10.7 Å². The minimum atomic E-state index is -4.78. The van der Waals surface area contributed by atoms with Crippen molar-refractivity contribution in [1.29, 1.82) is 0 Å². The van der Waals surface area contributed by atoms with Crippen molar-refractivity contribution in [1.82, 2.24) is 0 Å². The minimum absolute atomic E-state index is 0.0117. The average molecular weight is 475 g/mol. The third-order valence-corrected chi connectivity index (χ3v) is 6.16. The number of anilines is 1. The summed E-state index contributed by atoms with van der Waals surface area (Å²) >= 11 is 0.568. The SMILES string of the molecule is Cc1ccc2c(c1)N(CS(=O)(=O)[O-])C(=Cc1oc3cc(F)sc3[n+]1CS(=O)(=O)[O-])O2. The fraction of sp³-hybridized carbons (Fsp3) is 0.188. The second kappa shape index (κ2) is 7.02. The van der Waals surface area contributed by atoms with E-state index in [9.17, 15) is 30.3 Å². The number of aromatic nitrogens is 1. The van der Waals surface area contributed by atoms with Gasteiger partial charge in [-0.1, -0.05) is 6.07 Å². The van der Waals surface area contributed by atoms with Gasteiger partial charge in [0.15, 0.2) is 21.0 Å². The molecule has 0 N–H and O–H groups in total. The van der Waals surface area contributed by atoms with Gasteiger partial charge in [0, 0.05) is 6.07 Å². The zero-order valence-electron chi connectivity index (χ0n) is 15.1. The van der Waals surface area contributed by atoms with Gasteiger partial charge in [0.25, 0.3) is 0 Å². The number of oxazole rings is 1. The normalized spacial score (nSPS) is 15.7. The maximum atomic E-state index is 13.5. The number of aryl methyl sites for hydroxylation is 1. The highest BCUT2D eigenvalue weighted by atomic mass is 32.2. The maximum Gasteiger partial charge on any atom is 0.381 e. The number of hydrogen-bond acceptors (Lipinski definition) is 10. The van der Waals surface area contributed by atoms with Crippen LogP contribution in [0.2, 0.25) is 0 Å². The summed E-state index contributed by atoms with van der Waals surface area (Å²) < 4.78 is 93.7. The molecule has 3 heterocycles. The topological polar surface area (TPSA) is 144 Å². The van der Waals surface area contributed by atoms with Gasteiger partial charge in [-0.25, -0.2) is 16.8 Å². The Labute approximate surface area is 173 Å². The number of nitrogens with zero attached hydrogens (tertiary/aromatic N) is 2. The first-order valence-corrected chi connectivity index (χ1v) is 12.1. The Bertz CT molecular complexity index is 1410. The summed E-state index contributed by atoms with van der Waals surface area (Å²) in [6.07, 6.45) is 1.14. The van der Waals surface area contributed by atoms with Crippen LogP contribution in [-0.2, 0) is 26.1 Å². The molecule has 160 valence electrons. The smallest absolute Gasteiger partial charge is 0.381 e. The number of ether oxygens (including phenoxy) is 1. The molecule has 3 aromatic rings. The Hall–Kier alpha value is -2.52. The Morgan fingerprint density at radius 1 is 1.20 bits per heavy atom. The van der Waals surface area contributed by atoms with E-state index in [-0.39, 0.29) is 27.9 Å². The van der Waals surface area contributed by atoms with Gasteiger partial charge in [0.2, 0.25) is 17.3 Å². The first-order valence-electron chi connectivity index (χ1n) is 8.16. The molecule has 4 rings (SSSR count). The van der Waals surface area contributed by atoms with Gasteiger partial charge in [-0.05, 0) is 36.0 Å². The molecule has 1 aliphatic heterocycles. The van der Waals surface area contributed by atoms with Crippen molar-refractivity contribution in [2.75, 3.05) is 10.8 Å². The number of halogens is 1. The summed E-state index contributed by atoms with van der Waals surface area (Å²) in [6.45, 7) is 1.76. The van der Waals surface area contributed by atoms with Crippen LogP contribution < -0.4 is 14.2 Å². The number of hydrogen-bond donors (Lipinski definition) is 0. The molecule has 0 amide bonds. The van der Waals surface area contributed by atoms with E-state index in [1.807, 2.05) is 0 Å². The maximum absolute atomic E-state index is 13.5. The molecule has 0 bridgehead atoms. The molecule has 0 spiro atoms. The van der Waals surface area contributed by atoms with Crippen LogP contribution in [0.5, 0.6) is 5.75 Å². The molecule has 1 aliphatic rings. The minimum Gasteiger partial charge on any atom is -0.747 e. The van der Waals surface area contributed by atoms with Crippen molar-refractivity contribution in [2.24, 2.45) is 0 Å². The van der Waals surface area contributed by atoms with E-state index < -0.39 is 37.1 Å². The highest BCUT2D eigenvalue weighted by molar-refractivity contribution is 7.85. The molecule has 0 fully saturated rings. The lowest BCUT2D eigenvalue weighted by atomic mass is 10.2. The highest BCUT2D eigenvalue weighted by Crippen LogP contribution is 2.40. The standard InChI is InChI=1S/C16H13FN2O8S3/c1-9-2-3-11-10(4-9)18(7-29(20,21)22)14(26-11)6-15-19(8-30(23,24)25)16-12(27-15)5-13(17)28-16/h2-6H,7-8H2,1H3,(H-,20,21,22,23,24,25)/p-1. The molecule has 2 aromatic heterocycles. The highest BCUT2D eigenvalue weighted by Gasteiger charge is 2.32. The summed E-state index contributed by atoms with van der Waals surface area (Å²) in [7, 11) is -9.50. The van der Waals surface area contributed by atoms with Crippen LogP contribution in [0, 0.1) is 12.1 Å². The zero-order valence-corrected chi connectivity index (χ0v) is 17.5. The van der Waals surface area contributed by atoms with E-state index in [0.717, 1.165) is 27.2 Å². The molecule has 0 aliphatic carbocycles. The van der Waals surface area contributed by atoms with Crippen molar-refractivity contribution in [2.45, 2.75) is 12.8 Å². The molecule has 0 saturated carbocycles. The van der Waals surface area contributed by atoms with E-state index in [1.54, 1.807) is 25.1 Å². The monoisotopic (exact) mass is 475 g/mol. The molecule has 1 aromatic carbocycles. The van der Waals surface area contributed by atoms with Gasteiger partial charge in [-0.2, -0.15) is 4.39 Å². The number of benzene rings is 1. The summed E-state index contributed by atoms with van der Waals surface area (Å²) in [5.41, 5.74) is 1.07. The molecular formula is C16H12FN2O8S3-. The van der Waals surface area contributed by atoms with Crippen LogP contribution in [-0.4, -0.2) is 31.8 Å². The van der Waals surface area contributed by atoms with Crippen molar-refractivity contribution in [3.8, 4) is 5.75 Å². The van der Waals surface area contributed by atoms with E-state index in [2.05, 4.69) is 0 Å². The molecule has 0 unspecified atom stereocenters. The summed E-state index contributed by atoms with van der Waals surface area (Å²) in [5, 5.41) is -0.654. The van der Waals surface area contributed by atoms with Crippen molar-refractivity contribution in [3.63, 3.8) is 0 Å². The van der Waals surface area contributed by atoms with Crippen LogP contribution in [0.15, 0.2) is 34.6 Å². The predicted molar refractivity (Wildman–Crippen MR) is 101 cm³/mol. The lowest BCUT2D eigenvalue weighted by Crippen LogP contribution is -2.39. The lowest BCUT2D eigenvalue weighted by molar-refractivity contribution is -0.656. The first-order chi connectivity index (χ1) is 13.9. The van der Waals surface area contributed by atoms with Crippen molar-refractivity contribution in [3.05, 3.63) is 46.7 Å². The Balaban J connectivity index is 1.86. The number of fused-ring (bicyclic) bond motifs is 2. The molecular weight excluding hydrogens is 463 g/mol. The first kappa shape index (κ1) is 20.7. The third-order valence-electron chi connectivity index (χ3n) is 4.08. The fourth-order valence-electron chi connectivity index (χ4n) is 2.97. The molecule has 0 atom stereocenters. The zero-order chi connectivity index (χ0) is 21.8. The molecule has 30 heavy (non-hydrogen) atoms. The second-order valence-corrected chi connectivity index (χ2v) is 10.2. The van der Waals surface area contributed by atoms with Gasteiger partial charge < -0.3 is 18.3 Å². The lowest BCUT2D eigenvalue weighted by Gasteiger charge is -2.19. The van der Waals surface area contributed by atoms with E-state index in [0.29, 0.717) is 17.0 Å². The van der Waals surface area contributed by atoms with Gasteiger partial charge in [0.05, 0.1) is 5.69 Å². The molecule has 10 nitrogen and oxygen atoms in total. The van der Waals surface area contributed by atoms with E-state index in [4.69, 9.17) is 9.15 Å². The van der Waals surface area contributed by atoms with Crippen LogP contribution in [0.3, 0.4) is 0 Å². The molecule has 14 heteroatoms. The van der Waals surface area contributed by atoms with Crippen LogP contribution in [0.1, 0.15) is 11.5 Å². The third kappa shape index (κ3) is 4.17. The van der Waals surface area contributed by atoms with Crippen molar-refractivity contribution >= 4 is 53.7 Å². The summed E-state index contributed by atoms with van der Waals surface area (Å²) in [4.78, 5) is 1.13. The number of rotatable bonds is 5. The average Bonchev–Trinajstić information content (AvgIpc) is 3.19. The summed E-state index contributed by atoms with van der Waals surface area (Å²) in [5.74, 6) is -2.10. The van der Waals surface area contributed by atoms with Crippen LogP contribution in [0.25, 0.3) is 16.5 Å². The van der Waals surface area contributed by atoms with Gasteiger partial charge in [-0.15, -0.1) is 4.57 Å². The Kier molecular flexibility index (Phi) is 4.85. The van der Waals surface area contributed by atoms with Gasteiger partial charge in [0.1, 0.15) is 22.1 Å². The van der Waals surface area contributed by atoms with Gasteiger partial charge in [-0.3, -0.25) is 4.90 Å². The second-order valence-electron chi connectivity index (χ2n) is 6.45. The molecule has 0 saturated heterocycles. The van der Waals surface area contributed by atoms with Crippen LogP contribution >= 0.6 is 11.3 Å². The van der Waals surface area contributed by atoms with E-state index >= 15 is 0 Å². The fourth-order valence-corrected chi connectivity index (χ4v) is 5.02. The number of thiophene rings is 1. The van der Waals surface area contributed by atoms with Crippen molar-refractivity contribution < 1.29 is 44.1 Å².